The van der Waals surface area contributed by atoms with Crippen LogP contribution in [0, 0.1) is 0 Å². The molecule has 0 saturated carbocycles. The van der Waals surface area contributed by atoms with Crippen molar-refractivity contribution in [1.82, 2.24) is 10.5 Å². The largest absolute Gasteiger partial charge is 0.322 e. The van der Waals surface area contributed by atoms with Crippen molar-refractivity contribution in [2.45, 2.75) is 13.5 Å². The van der Waals surface area contributed by atoms with Gasteiger partial charge in [0.15, 0.2) is 0 Å². The highest BCUT2D eigenvalue weighted by molar-refractivity contribution is 5.78. The molecule has 0 spiro atoms. The van der Waals surface area contributed by atoms with E-state index in [4.69, 9.17) is 4.84 Å². The van der Waals surface area contributed by atoms with Crippen LogP contribution >= 0.6 is 0 Å². The maximum absolute atomic E-state index is 11.7. The molecular weight excluding hydrogens is 204 g/mol. The third-order valence-corrected chi connectivity index (χ3v) is 2.34. The van der Waals surface area contributed by atoms with E-state index in [-0.39, 0.29) is 5.56 Å². The number of hydroxylamine groups is 1. The molecule has 1 aromatic heterocycles. The molecule has 0 bridgehead atoms. The van der Waals surface area contributed by atoms with Gasteiger partial charge in [-0.05, 0) is 24.4 Å². The Balaban J connectivity index is 2.31. The molecule has 1 aromatic carbocycles. The topological polar surface area (TPSA) is 54.1 Å². The number of nitrogens with one attached hydrogen (secondary N) is 2. The third kappa shape index (κ3) is 2.29. The number of H-pyrrole nitrogens is 1. The van der Waals surface area contributed by atoms with Crippen LogP contribution in [0.5, 0.6) is 0 Å². The fourth-order valence-electron chi connectivity index (χ4n) is 1.55. The summed E-state index contributed by atoms with van der Waals surface area (Å²) in [6, 6.07) is 9.57. The molecule has 0 amide bonds. The van der Waals surface area contributed by atoms with Gasteiger partial charge >= 0.3 is 0 Å². The van der Waals surface area contributed by atoms with Gasteiger partial charge in [-0.1, -0.05) is 18.2 Å². The number of fused-ring (bicyclic) bond motifs is 1. The Morgan fingerprint density at radius 3 is 3.00 bits per heavy atom. The second-order valence-electron chi connectivity index (χ2n) is 3.47. The van der Waals surface area contributed by atoms with Crippen molar-refractivity contribution < 1.29 is 4.84 Å². The molecule has 0 aliphatic heterocycles. The minimum atomic E-state index is -0.0779. The van der Waals surface area contributed by atoms with E-state index < -0.39 is 0 Å². The van der Waals surface area contributed by atoms with Crippen LogP contribution in [0.3, 0.4) is 0 Å². The second-order valence-corrected chi connectivity index (χ2v) is 3.47. The molecule has 0 unspecified atom stereocenters. The first-order chi connectivity index (χ1) is 7.81. The first-order valence-corrected chi connectivity index (χ1v) is 5.27. The van der Waals surface area contributed by atoms with Gasteiger partial charge in [-0.15, -0.1) is 0 Å². The summed E-state index contributed by atoms with van der Waals surface area (Å²) in [7, 11) is 0. The monoisotopic (exact) mass is 218 g/mol. The van der Waals surface area contributed by atoms with Gasteiger partial charge in [-0.2, -0.15) is 5.48 Å². The van der Waals surface area contributed by atoms with Crippen molar-refractivity contribution in [1.29, 1.82) is 0 Å². The van der Waals surface area contributed by atoms with Gasteiger partial charge in [0.25, 0.3) is 5.56 Å². The summed E-state index contributed by atoms with van der Waals surface area (Å²) in [4.78, 5) is 19.5. The summed E-state index contributed by atoms with van der Waals surface area (Å²) in [5, 5.41) is 1.02. The number of rotatable bonds is 4. The average molecular weight is 218 g/mol. The number of pyridine rings is 1. The number of hydrogen-bond donors (Lipinski definition) is 2. The molecule has 2 N–H and O–H groups in total. The van der Waals surface area contributed by atoms with Gasteiger partial charge in [0.1, 0.15) is 0 Å². The van der Waals surface area contributed by atoms with Crippen LogP contribution in [0.2, 0.25) is 0 Å². The summed E-state index contributed by atoms with van der Waals surface area (Å²) in [6.07, 6.45) is 0. The van der Waals surface area contributed by atoms with Crippen molar-refractivity contribution in [2.75, 3.05) is 6.61 Å². The number of aromatic nitrogens is 1. The normalized spacial score (nSPS) is 10.8. The molecular formula is C12H14N2O2. The van der Waals surface area contributed by atoms with Gasteiger partial charge in [0.05, 0.1) is 13.2 Å². The molecule has 2 rings (SSSR count). The third-order valence-electron chi connectivity index (χ3n) is 2.34. The van der Waals surface area contributed by atoms with Gasteiger partial charge < -0.3 is 9.82 Å². The molecule has 1 heterocycles. The first kappa shape index (κ1) is 10.9. The first-order valence-electron chi connectivity index (χ1n) is 5.27. The quantitative estimate of drug-likeness (QED) is 0.605. The molecule has 0 fully saturated rings. The Kier molecular flexibility index (Phi) is 3.34. The van der Waals surface area contributed by atoms with Crippen LogP contribution in [-0.2, 0) is 11.4 Å². The predicted octanol–water partition coefficient (Wildman–Crippen LogP) is 1.57. The molecule has 0 aliphatic rings. The molecule has 0 atom stereocenters. The summed E-state index contributed by atoms with van der Waals surface area (Å²) in [6.45, 7) is 2.87. The van der Waals surface area contributed by atoms with Crippen LogP contribution in [0.25, 0.3) is 10.9 Å². The van der Waals surface area contributed by atoms with Crippen LogP contribution in [0.4, 0.5) is 0 Å². The number of hydrogen-bond acceptors (Lipinski definition) is 3. The lowest BCUT2D eigenvalue weighted by Crippen LogP contribution is -2.21. The molecule has 16 heavy (non-hydrogen) atoms. The average Bonchev–Trinajstić information content (AvgIpc) is 2.30. The summed E-state index contributed by atoms with van der Waals surface area (Å²) in [5.74, 6) is 0. The Hall–Kier alpha value is -1.65. The minimum absolute atomic E-state index is 0.0779. The molecule has 84 valence electrons. The Morgan fingerprint density at radius 1 is 1.38 bits per heavy atom. The zero-order valence-electron chi connectivity index (χ0n) is 9.12. The fourth-order valence-corrected chi connectivity index (χ4v) is 1.55. The molecule has 0 saturated heterocycles. The molecule has 4 nitrogen and oxygen atoms in total. The van der Waals surface area contributed by atoms with Crippen molar-refractivity contribution in [3.63, 3.8) is 0 Å². The maximum atomic E-state index is 11.7. The molecule has 0 aliphatic carbocycles. The Morgan fingerprint density at radius 2 is 2.19 bits per heavy atom. The zero-order valence-corrected chi connectivity index (χ0v) is 9.12. The van der Waals surface area contributed by atoms with Crippen LogP contribution in [-0.4, -0.2) is 11.6 Å². The highest BCUT2D eigenvalue weighted by Crippen LogP contribution is 2.09. The predicted molar refractivity (Wildman–Crippen MR) is 63.0 cm³/mol. The number of aromatic amines is 1. The lowest BCUT2D eigenvalue weighted by molar-refractivity contribution is 0.0461. The highest BCUT2D eigenvalue weighted by Gasteiger charge is 2.01. The Labute approximate surface area is 93.2 Å². The fraction of sp³-hybridized carbons (Fsp3) is 0.250. The molecule has 0 radical (unpaired) electrons. The maximum Gasteiger partial charge on any atom is 0.253 e. The number of benzene rings is 1. The van der Waals surface area contributed by atoms with Crippen molar-refractivity contribution in [3.8, 4) is 0 Å². The smallest absolute Gasteiger partial charge is 0.253 e. The Bertz CT molecular complexity index is 534. The molecule has 2 aromatic rings. The minimum Gasteiger partial charge on any atom is -0.322 e. The van der Waals surface area contributed by atoms with Crippen LogP contribution in [0.15, 0.2) is 35.1 Å². The van der Waals surface area contributed by atoms with Crippen molar-refractivity contribution in [3.05, 3.63) is 46.2 Å². The SMILES string of the molecule is CCONCc1cc2ccccc2[nH]c1=O. The summed E-state index contributed by atoms with van der Waals surface area (Å²) >= 11 is 0. The van der Waals surface area contributed by atoms with E-state index in [2.05, 4.69) is 10.5 Å². The lowest BCUT2D eigenvalue weighted by Gasteiger charge is -2.04. The van der Waals surface area contributed by atoms with Gasteiger partial charge in [-0.25, -0.2) is 0 Å². The van der Waals surface area contributed by atoms with E-state index in [1.807, 2.05) is 37.3 Å². The van der Waals surface area contributed by atoms with Gasteiger partial charge in [-0.3, -0.25) is 4.79 Å². The zero-order chi connectivity index (χ0) is 11.4. The van der Waals surface area contributed by atoms with Crippen molar-refractivity contribution >= 4 is 10.9 Å². The van der Waals surface area contributed by atoms with E-state index >= 15 is 0 Å². The summed E-state index contributed by atoms with van der Waals surface area (Å²) in [5.41, 5.74) is 4.19. The standard InChI is InChI=1S/C12H14N2O2/c1-2-16-13-8-10-7-9-5-3-4-6-11(9)14-12(10)15/h3-7,13H,2,8H2,1H3,(H,14,15). The van der Waals surface area contributed by atoms with E-state index in [1.54, 1.807) is 0 Å². The lowest BCUT2D eigenvalue weighted by atomic mass is 10.1. The second kappa shape index (κ2) is 4.92. The van der Waals surface area contributed by atoms with E-state index in [1.165, 1.54) is 0 Å². The molecule has 4 heteroatoms. The van der Waals surface area contributed by atoms with E-state index in [0.29, 0.717) is 18.7 Å². The van der Waals surface area contributed by atoms with Crippen LogP contribution in [0.1, 0.15) is 12.5 Å². The highest BCUT2D eigenvalue weighted by atomic mass is 16.6. The number of para-hydroxylation sites is 1. The van der Waals surface area contributed by atoms with Crippen molar-refractivity contribution in [2.24, 2.45) is 0 Å². The van der Waals surface area contributed by atoms with E-state index in [9.17, 15) is 4.79 Å². The van der Waals surface area contributed by atoms with E-state index in [0.717, 1.165) is 10.9 Å². The summed E-state index contributed by atoms with van der Waals surface area (Å²) < 4.78 is 0. The van der Waals surface area contributed by atoms with Gasteiger partial charge in [0, 0.05) is 11.1 Å². The van der Waals surface area contributed by atoms with Gasteiger partial charge in [0.2, 0.25) is 0 Å². The van der Waals surface area contributed by atoms with Crippen LogP contribution < -0.4 is 11.0 Å².